The van der Waals surface area contributed by atoms with Crippen molar-refractivity contribution in [3.63, 3.8) is 0 Å². The summed E-state index contributed by atoms with van der Waals surface area (Å²) >= 11 is 0. The summed E-state index contributed by atoms with van der Waals surface area (Å²) < 4.78 is 1.70. The molecule has 0 atom stereocenters. The van der Waals surface area contributed by atoms with Gasteiger partial charge in [0.2, 0.25) is 0 Å². The van der Waals surface area contributed by atoms with E-state index in [0.717, 1.165) is 24.1 Å². The Balaban J connectivity index is 2.51. The van der Waals surface area contributed by atoms with Gasteiger partial charge >= 0.3 is 0 Å². The molecule has 1 heterocycles. The minimum atomic E-state index is -0.439. The first kappa shape index (κ1) is 15.9. The first-order chi connectivity index (χ1) is 10.6. The van der Waals surface area contributed by atoms with Crippen molar-refractivity contribution in [3.05, 3.63) is 62.4 Å². The van der Waals surface area contributed by atoms with Gasteiger partial charge in [0.05, 0.1) is 10.6 Å². The molecule has 0 bridgehead atoms. The predicted octanol–water partition coefficient (Wildman–Crippen LogP) is 2.68. The van der Waals surface area contributed by atoms with Crippen LogP contribution in [-0.2, 0) is 13.1 Å². The molecule has 6 nitrogen and oxygen atoms in total. The third-order valence-corrected chi connectivity index (χ3v) is 3.58. The van der Waals surface area contributed by atoms with Crippen LogP contribution < -0.4 is 11.3 Å². The van der Waals surface area contributed by atoms with Gasteiger partial charge in [-0.25, -0.2) is 0 Å². The number of hydrogen-bond acceptors (Lipinski definition) is 4. The second kappa shape index (κ2) is 7.00. The van der Waals surface area contributed by atoms with Gasteiger partial charge in [-0.1, -0.05) is 19.4 Å². The van der Waals surface area contributed by atoms with Gasteiger partial charge < -0.3 is 10.3 Å². The molecule has 0 amide bonds. The third-order valence-electron chi connectivity index (χ3n) is 3.58. The van der Waals surface area contributed by atoms with E-state index in [-0.39, 0.29) is 17.8 Å². The maximum absolute atomic E-state index is 12.4. The summed E-state index contributed by atoms with van der Waals surface area (Å²) in [5.41, 5.74) is 7.65. The van der Waals surface area contributed by atoms with Gasteiger partial charge in [-0.05, 0) is 30.2 Å². The fourth-order valence-electron chi connectivity index (χ4n) is 2.32. The van der Waals surface area contributed by atoms with Crippen molar-refractivity contribution < 1.29 is 4.92 Å². The molecule has 2 N–H and O–H groups in total. The zero-order chi connectivity index (χ0) is 16.1. The lowest BCUT2D eigenvalue weighted by Crippen LogP contribution is -2.26. The van der Waals surface area contributed by atoms with E-state index < -0.39 is 4.92 Å². The lowest BCUT2D eigenvalue weighted by atomic mass is 10.1. The zero-order valence-electron chi connectivity index (χ0n) is 12.5. The van der Waals surface area contributed by atoms with E-state index in [1.165, 1.54) is 12.1 Å². The molecule has 0 radical (unpaired) electrons. The number of aromatic nitrogens is 1. The molecule has 0 spiro atoms. The second-order valence-electron chi connectivity index (χ2n) is 5.06. The highest BCUT2D eigenvalue weighted by molar-refractivity contribution is 5.61. The molecule has 6 heteroatoms. The lowest BCUT2D eigenvalue weighted by molar-refractivity contribution is -0.384. The minimum absolute atomic E-state index is 0.0322. The molecule has 22 heavy (non-hydrogen) atoms. The molecule has 1 aromatic heterocycles. The molecule has 0 fully saturated rings. The first-order valence-electron chi connectivity index (χ1n) is 7.26. The third kappa shape index (κ3) is 3.23. The summed E-state index contributed by atoms with van der Waals surface area (Å²) in [5.74, 6) is 0. The maximum Gasteiger partial charge on any atom is 0.269 e. The molecule has 1 aromatic carbocycles. The van der Waals surface area contributed by atoms with Gasteiger partial charge in [-0.15, -0.1) is 0 Å². The Morgan fingerprint density at radius 3 is 2.41 bits per heavy atom. The van der Waals surface area contributed by atoms with Crippen LogP contribution in [0.2, 0.25) is 0 Å². The van der Waals surface area contributed by atoms with Gasteiger partial charge in [-0.2, -0.15) is 0 Å². The Hall–Kier alpha value is -2.47. The predicted molar refractivity (Wildman–Crippen MR) is 85.6 cm³/mol. The van der Waals surface area contributed by atoms with E-state index in [1.54, 1.807) is 22.8 Å². The molecule has 0 saturated carbocycles. The Morgan fingerprint density at radius 2 is 1.86 bits per heavy atom. The van der Waals surface area contributed by atoms with Crippen molar-refractivity contribution >= 4 is 5.69 Å². The molecule has 0 aliphatic rings. The highest BCUT2D eigenvalue weighted by Crippen LogP contribution is 2.22. The summed E-state index contributed by atoms with van der Waals surface area (Å²) in [6.45, 7) is 2.87. The van der Waals surface area contributed by atoms with Crippen LogP contribution in [-0.4, -0.2) is 9.49 Å². The van der Waals surface area contributed by atoms with Crippen molar-refractivity contribution in [3.8, 4) is 11.3 Å². The van der Waals surface area contributed by atoms with Gasteiger partial charge in [0, 0.05) is 30.8 Å². The molecule has 116 valence electrons. The Bertz CT molecular complexity index is 720. The standard InChI is InChI=1S/C16H19N3O3/c1-2-3-10-18-15(9-6-13(11-17)16(18)20)12-4-7-14(8-5-12)19(21)22/h4-9H,2-3,10-11,17H2,1H3. The van der Waals surface area contributed by atoms with Crippen LogP contribution in [0.3, 0.4) is 0 Å². The Labute approximate surface area is 128 Å². The normalized spacial score (nSPS) is 10.6. The van der Waals surface area contributed by atoms with Crippen LogP contribution >= 0.6 is 0 Å². The Morgan fingerprint density at radius 1 is 1.18 bits per heavy atom. The van der Waals surface area contributed by atoms with Crippen molar-refractivity contribution in [2.75, 3.05) is 0 Å². The van der Waals surface area contributed by atoms with E-state index in [2.05, 4.69) is 6.92 Å². The van der Waals surface area contributed by atoms with Crippen LogP contribution in [0.15, 0.2) is 41.2 Å². The summed E-state index contributed by atoms with van der Waals surface area (Å²) in [6, 6.07) is 9.79. The van der Waals surface area contributed by atoms with E-state index >= 15 is 0 Å². The molecule has 2 aromatic rings. The average Bonchev–Trinajstić information content (AvgIpc) is 2.53. The molecule has 0 unspecified atom stereocenters. The number of non-ortho nitro benzene ring substituents is 1. The number of nitro benzene ring substituents is 1. The van der Waals surface area contributed by atoms with Crippen LogP contribution in [0.4, 0.5) is 5.69 Å². The van der Waals surface area contributed by atoms with Crippen LogP contribution in [0.5, 0.6) is 0 Å². The van der Waals surface area contributed by atoms with E-state index in [1.807, 2.05) is 6.07 Å². The van der Waals surface area contributed by atoms with Crippen molar-refractivity contribution in [2.24, 2.45) is 5.73 Å². The Kier molecular flexibility index (Phi) is 5.06. The van der Waals surface area contributed by atoms with Crippen LogP contribution in [0.1, 0.15) is 25.3 Å². The van der Waals surface area contributed by atoms with Gasteiger partial charge in [0.25, 0.3) is 11.2 Å². The molecule has 0 aliphatic carbocycles. The van der Waals surface area contributed by atoms with E-state index in [9.17, 15) is 14.9 Å². The van der Waals surface area contributed by atoms with Crippen LogP contribution in [0, 0.1) is 10.1 Å². The minimum Gasteiger partial charge on any atom is -0.326 e. The quantitative estimate of drug-likeness (QED) is 0.656. The molecular weight excluding hydrogens is 282 g/mol. The smallest absolute Gasteiger partial charge is 0.269 e. The van der Waals surface area contributed by atoms with E-state index in [4.69, 9.17) is 5.73 Å². The number of nitrogens with zero attached hydrogens (tertiary/aromatic N) is 2. The largest absolute Gasteiger partial charge is 0.326 e. The first-order valence-corrected chi connectivity index (χ1v) is 7.26. The average molecular weight is 301 g/mol. The molecule has 2 rings (SSSR count). The number of rotatable bonds is 6. The summed E-state index contributed by atoms with van der Waals surface area (Å²) in [7, 11) is 0. The maximum atomic E-state index is 12.4. The van der Waals surface area contributed by atoms with Crippen molar-refractivity contribution in [1.82, 2.24) is 4.57 Å². The van der Waals surface area contributed by atoms with Gasteiger partial charge in [0.15, 0.2) is 0 Å². The second-order valence-corrected chi connectivity index (χ2v) is 5.06. The van der Waals surface area contributed by atoms with Crippen molar-refractivity contribution in [1.29, 1.82) is 0 Å². The fourth-order valence-corrected chi connectivity index (χ4v) is 2.32. The number of hydrogen-bond donors (Lipinski definition) is 1. The summed E-state index contributed by atoms with van der Waals surface area (Å²) in [6.07, 6.45) is 1.85. The number of pyridine rings is 1. The lowest BCUT2D eigenvalue weighted by Gasteiger charge is -2.14. The summed E-state index contributed by atoms with van der Waals surface area (Å²) in [4.78, 5) is 22.7. The molecular formula is C16H19N3O3. The van der Waals surface area contributed by atoms with E-state index in [0.29, 0.717) is 12.1 Å². The fraction of sp³-hybridized carbons (Fsp3) is 0.312. The zero-order valence-corrected chi connectivity index (χ0v) is 12.5. The summed E-state index contributed by atoms with van der Waals surface area (Å²) in [5, 5.41) is 10.7. The monoisotopic (exact) mass is 301 g/mol. The number of benzene rings is 1. The molecule has 0 aliphatic heterocycles. The SMILES string of the molecule is CCCCn1c(-c2ccc([N+](=O)[O-])cc2)ccc(CN)c1=O. The number of unbranched alkanes of at least 4 members (excludes halogenated alkanes) is 1. The highest BCUT2D eigenvalue weighted by Gasteiger charge is 2.11. The van der Waals surface area contributed by atoms with Gasteiger partial charge in [0.1, 0.15) is 0 Å². The topological polar surface area (TPSA) is 91.2 Å². The van der Waals surface area contributed by atoms with Crippen LogP contribution in [0.25, 0.3) is 11.3 Å². The highest BCUT2D eigenvalue weighted by atomic mass is 16.6. The van der Waals surface area contributed by atoms with Crippen molar-refractivity contribution in [2.45, 2.75) is 32.9 Å². The van der Waals surface area contributed by atoms with Gasteiger partial charge in [-0.3, -0.25) is 14.9 Å². The number of nitro groups is 1. The number of nitrogens with two attached hydrogens (primary N) is 1. The molecule has 0 saturated heterocycles.